The predicted molar refractivity (Wildman–Crippen MR) is 97.7 cm³/mol. The number of carbonyl (C=O) groups excluding carboxylic acids is 2. The maximum Gasteiger partial charge on any atom is 0.274 e. The molecule has 3 rings (SSSR count). The van der Waals surface area contributed by atoms with Gasteiger partial charge in [0, 0.05) is 58.3 Å². The summed E-state index contributed by atoms with van der Waals surface area (Å²) in [5.74, 6) is 0.537. The first-order valence-corrected chi connectivity index (χ1v) is 9.40. The molecule has 3 heterocycles. The van der Waals surface area contributed by atoms with E-state index in [-0.39, 0.29) is 17.4 Å². The molecule has 0 N–H and O–H groups in total. The summed E-state index contributed by atoms with van der Waals surface area (Å²) in [6.07, 6.45) is 3.02. The van der Waals surface area contributed by atoms with Crippen molar-refractivity contribution >= 4 is 11.8 Å². The Labute approximate surface area is 155 Å². The number of hydrogen-bond acceptors (Lipinski definition) is 4. The summed E-state index contributed by atoms with van der Waals surface area (Å²) < 4.78 is 8.09. The van der Waals surface area contributed by atoms with E-state index >= 15 is 0 Å². The Morgan fingerprint density at radius 1 is 1.27 bits per heavy atom. The molecule has 0 atom stereocenters. The third-order valence-corrected chi connectivity index (χ3v) is 5.51. The lowest BCUT2D eigenvalue weighted by molar-refractivity contribution is -0.141. The summed E-state index contributed by atoms with van der Waals surface area (Å²) in [6.45, 7) is 6.04. The van der Waals surface area contributed by atoms with Crippen LogP contribution in [-0.4, -0.2) is 64.2 Å². The first kappa shape index (κ1) is 18.9. The second-order valence-corrected chi connectivity index (χ2v) is 8.22. The van der Waals surface area contributed by atoms with Gasteiger partial charge in [-0.1, -0.05) is 13.8 Å². The summed E-state index contributed by atoms with van der Waals surface area (Å²) in [5, 5.41) is 4.45. The first-order chi connectivity index (χ1) is 12.2. The fraction of sp³-hybridized carbons (Fsp3) is 0.737. The average molecular weight is 362 g/mol. The largest absolute Gasteiger partial charge is 0.370 e. The van der Waals surface area contributed by atoms with Crippen LogP contribution in [-0.2, 0) is 29.6 Å². The van der Waals surface area contributed by atoms with Crippen molar-refractivity contribution in [1.29, 1.82) is 0 Å². The Bertz CT molecular complexity index is 700. The van der Waals surface area contributed by atoms with Crippen molar-refractivity contribution in [3.63, 3.8) is 0 Å². The van der Waals surface area contributed by atoms with Crippen molar-refractivity contribution in [2.75, 3.05) is 27.2 Å². The van der Waals surface area contributed by atoms with E-state index in [1.807, 2.05) is 16.6 Å². The van der Waals surface area contributed by atoms with Crippen LogP contribution in [0.15, 0.2) is 0 Å². The highest BCUT2D eigenvalue weighted by molar-refractivity contribution is 5.93. The van der Waals surface area contributed by atoms with E-state index in [0.717, 1.165) is 43.6 Å². The molecule has 1 fully saturated rings. The SMILES string of the molecule is CC(C)CC(=O)N1CCC2(CC1)Cc1c(c(C(=O)N(C)C)nn1C)CO2. The van der Waals surface area contributed by atoms with Gasteiger partial charge < -0.3 is 14.5 Å². The van der Waals surface area contributed by atoms with Gasteiger partial charge in [-0.2, -0.15) is 5.10 Å². The molecule has 0 saturated carbocycles. The van der Waals surface area contributed by atoms with Gasteiger partial charge in [0.15, 0.2) is 5.69 Å². The molecule has 1 aromatic rings. The lowest BCUT2D eigenvalue weighted by Gasteiger charge is -2.44. The van der Waals surface area contributed by atoms with Crippen molar-refractivity contribution in [3.8, 4) is 0 Å². The molecule has 1 spiro atoms. The molecule has 1 aromatic heterocycles. The molecule has 7 nitrogen and oxygen atoms in total. The van der Waals surface area contributed by atoms with Gasteiger partial charge in [-0.3, -0.25) is 14.3 Å². The number of aryl methyl sites for hydroxylation is 1. The number of piperidine rings is 1. The van der Waals surface area contributed by atoms with Gasteiger partial charge in [-0.25, -0.2) is 0 Å². The molecule has 26 heavy (non-hydrogen) atoms. The minimum atomic E-state index is -0.242. The van der Waals surface area contributed by atoms with E-state index in [4.69, 9.17) is 4.74 Å². The van der Waals surface area contributed by atoms with Crippen molar-refractivity contribution in [2.45, 2.75) is 51.7 Å². The third kappa shape index (κ3) is 3.49. The molecule has 2 aliphatic heterocycles. The minimum Gasteiger partial charge on any atom is -0.370 e. The van der Waals surface area contributed by atoms with Gasteiger partial charge in [-0.15, -0.1) is 0 Å². The Kier molecular flexibility index (Phi) is 5.10. The molecular weight excluding hydrogens is 332 g/mol. The Balaban J connectivity index is 1.72. The van der Waals surface area contributed by atoms with E-state index in [2.05, 4.69) is 18.9 Å². The molecule has 0 bridgehead atoms. The van der Waals surface area contributed by atoms with E-state index in [9.17, 15) is 9.59 Å². The zero-order valence-electron chi connectivity index (χ0n) is 16.5. The van der Waals surface area contributed by atoms with Crippen molar-refractivity contribution < 1.29 is 14.3 Å². The molecule has 0 unspecified atom stereocenters. The summed E-state index contributed by atoms with van der Waals surface area (Å²) in [6, 6.07) is 0. The van der Waals surface area contributed by atoms with Crippen LogP contribution in [0, 0.1) is 5.92 Å². The predicted octanol–water partition coefficient (Wildman–Crippen LogP) is 1.60. The standard InChI is InChI=1S/C19H30N4O3/c1-13(2)10-16(24)23-8-6-19(7-9-23)11-15-14(12-26-19)17(20-22(15)5)18(25)21(3)4/h13H,6-12H2,1-5H3. The van der Waals surface area contributed by atoms with Crippen LogP contribution in [0.25, 0.3) is 0 Å². The normalized spacial score (nSPS) is 18.9. The number of carbonyl (C=O) groups is 2. The highest BCUT2D eigenvalue weighted by Gasteiger charge is 2.42. The average Bonchev–Trinajstić information content (AvgIpc) is 2.90. The van der Waals surface area contributed by atoms with Crippen LogP contribution in [0.4, 0.5) is 0 Å². The van der Waals surface area contributed by atoms with Crippen LogP contribution in [0.5, 0.6) is 0 Å². The zero-order chi connectivity index (χ0) is 19.1. The maximum atomic E-state index is 12.4. The Morgan fingerprint density at radius 3 is 2.50 bits per heavy atom. The highest BCUT2D eigenvalue weighted by atomic mass is 16.5. The van der Waals surface area contributed by atoms with Crippen LogP contribution >= 0.6 is 0 Å². The van der Waals surface area contributed by atoms with Gasteiger partial charge in [0.1, 0.15) is 0 Å². The quantitative estimate of drug-likeness (QED) is 0.819. The fourth-order valence-electron chi connectivity index (χ4n) is 3.90. The number of nitrogens with zero attached hydrogens (tertiary/aromatic N) is 4. The summed E-state index contributed by atoms with van der Waals surface area (Å²) in [5.41, 5.74) is 2.25. The number of aromatic nitrogens is 2. The van der Waals surface area contributed by atoms with Crippen molar-refractivity contribution in [2.24, 2.45) is 13.0 Å². The lowest BCUT2D eigenvalue weighted by Crippen LogP contribution is -2.51. The van der Waals surface area contributed by atoms with Crippen LogP contribution in [0.2, 0.25) is 0 Å². The number of hydrogen-bond donors (Lipinski definition) is 0. The summed E-state index contributed by atoms with van der Waals surface area (Å²) >= 11 is 0. The van der Waals surface area contributed by atoms with Crippen molar-refractivity contribution in [1.82, 2.24) is 19.6 Å². The molecule has 7 heteroatoms. The van der Waals surface area contributed by atoms with E-state index in [1.165, 1.54) is 0 Å². The van der Waals surface area contributed by atoms with Crippen LogP contribution < -0.4 is 0 Å². The summed E-state index contributed by atoms with van der Waals surface area (Å²) in [7, 11) is 5.36. The van der Waals surface area contributed by atoms with Crippen LogP contribution in [0.1, 0.15) is 54.9 Å². The smallest absolute Gasteiger partial charge is 0.274 e. The molecule has 144 valence electrons. The molecule has 0 aromatic carbocycles. The number of fused-ring (bicyclic) bond motifs is 1. The number of ether oxygens (including phenoxy) is 1. The maximum absolute atomic E-state index is 12.4. The van der Waals surface area contributed by atoms with E-state index < -0.39 is 0 Å². The number of rotatable bonds is 3. The second-order valence-electron chi connectivity index (χ2n) is 8.22. The van der Waals surface area contributed by atoms with Crippen LogP contribution in [0.3, 0.4) is 0 Å². The van der Waals surface area contributed by atoms with Crippen molar-refractivity contribution in [3.05, 3.63) is 17.0 Å². The topological polar surface area (TPSA) is 67.7 Å². The lowest BCUT2D eigenvalue weighted by atomic mass is 9.83. The van der Waals surface area contributed by atoms with E-state index in [1.54, 1.807) is 19.0 Å². The third-order valence-electron chi connectivity index (χ3n) is 5.51. The molecular formula is C19H30N4O3. The van der Waals surface area contributed by atoms with Gasteiger partial charge in [-0.05, 0) is 18.8 Å². The molecule has 0 aliphatic carbocycles. The van der Waals surface area contributed by atoms with E-state index in [0.29, 0.717) is 24.6 Å². The first-order valence-electron chi connectivity index (χ1n) is 9.40. The number of likely N-dealkylation sites (tertiary alicyclic amines) is 1. The fourth-order valence-corrected chi connectivity index (χ4v) is 3.90. The van der Waals surface area contributed by atoms with Gasteiger partial charge >= 0.3 is 0 Å². The van der Waals surface area contributed by atoms with Gasteiger partial charge in [0.05, 0.1) is 12.2 Å². The molecule has 1 saturated heterocycles. The highest BCUT2D eigenvalue weighted by Crippen LogP contribution is 2.37. The van der Waals surface area contributed by atoms with Gasteiger partial charge in [0.2, 0.25) is 5.91 Å². The second kappa shape index (κ2) is 7.02. The molecule has 0 radical (unpaired) electrons. The minimum absolute atomic E-state index is 0.0875. The monoisotopic (exact) mass is 362 g/mol. The summed E-state index contributed by atoms with van der Waals surface area (Å²) in [4.78, 5) is 28.2. The zero-order valence-corrected chi connectivity index (χ0v) is 16.5. The Morgan fingerprint density at radius 2 is 1.92 bits per heavy atom. The van der Waals surface area contributed by atoms with Gasteiger partial charge in [0.25, 0.3) is 5.91 Å². The Hall–Kier alpha value is -1.89. The molecule has 2 aliphatic rings. The number of amides is 2. The molecule has 2 amide bonds.